The van der Waals surface area contributed by atoms with Crippen LogP contribution in [0.5, 0.6) is 5.75 Å². The number of hydrogen-bond donors (Lipinski definition) is 1. The summed E-state index contributed by atoms with van der Waals surface area (Å²) in [7, 11) is 2.90. The predicted molar refractivity (Wildman–Crippen MR) is 110 cm³/mol. The lowest BCUT2D eigenvalue weighted by atomic mass is 9.84. The molecule has 0 bridgehead atoms. The topological polar surface area (TPSA) is 81.5 Å². The van der Waals surface area contributed by atoms with E-state index in [-0.39, 0.29) is 29.9 Å². The number of hydrogen-bond acceptors (Lipinski definition) is 6. The van der Waals surface area contributed by atoms with Gasteiger partial charge in [0.1, 0.15) is 19.5 Å². The van der Waals surface area contributed by atoms with E-state index in [1.54, 1.807) is 25.1 Å². The number of alkyl halides is 2. The van der Waals surface area contributed by atoms with Crippen LogP contribution in [0.4, 0.5) is 8.78 Å². The molecule has 0 spiro atoms. The van der Waals surface area contributed by atoms with Crippen molar-refractivity contribution in [3.63, 3.8) is 0 Å². The zero-order valence-corrected chi connectivity index (χ0v) is 17.3. The van der Waals surface area contributed by atoms with E-state index in [9.17, 15) is 13.6 Å². The Kier molecular flexibility index (Phi) is 8.52. The third kappa shape index (κ3) is 5.88. The number of carbonyl (C=O) groups is 1. The van der Waals surface area contributed by atoms with E-state index in [2.05, 4.69) is 20.4 Å². The fourth-order valence-electron chi connectivity index (χ4n) is 3.10. The van der Waals surface area contributed by atoms with Gasteiger partial charge < -0.3 is 19.7 Å². The first-order valence-electron chi connectivity index (χ1n) is 9.29. The van der Waals surface area contributed by atoms with E-state index < -0.39 is 6.61 Å². The summed E-state index contributed by atoms with van der Waals surface area (Å²) in [5, 5.41) is 10.5. The third-order valence-electron chi connectivity index (χ3n) is 4.56. The van der Waals surface area contributed by atoms with E-state index in [1.165, 1.54) is 20.2 Å². The maximum atomic E-state index is 12.6. The van der Waals surface area contributed by atoms with Crippen molar-refractivity contribution in [2.24, 2.45) is 16.2 Å². The van der Waals surface area contributed by atoms with Crippen LogP contribution >= 0.6 is 0 Å². The van der Waals surface area contributed by atoms with Crippen LogP contribution in [0.25, 0.3) is 0 Å². The van der Waals surface area contributed by atoms with Crippen molar-refractivity contribution in [1.29, 1.82) is 0 Å². The van der Waals surface area contributed by atoms with Gasteiger partial charge in [-0.05, 0) is 43.5 Å². The lowest BCUT2D eigenvalue weighted by molar-refractivity contribution is -0.114. The number of carbonyl (C=O) groups excluding carboxylic acids is 1. The number of rotatable bonds is 9. The highest BCUT2D eigenvalue weighted by molar-refractivity contribution is 6.40. The van der Waals surface area contributed by atoms with Crippen molar-refractivity contribution >= 4 is 17.3 Å². The van der Waals surface area contributed by atoms with E-state index in [1.807, 2.05) is 19.1 Å². The molecule has 0 aromatic heterocycles. The molecule has 0 saturated carbocycles. The predicted octanol–water partition coefficient (Wildman–Crippen LogP) is 3.67. The second kappa shape index (κ2) is 11.1. The summed E-state index contributed by atoms with van der Waals surface area (Å²) in [5.41, 5.74) is 2.76. The van der Waals surface area contributed by atoms with Gasteiger partial charge in [0.2, 0.25) is 0 Å². The summed E-state index contributed by atoms with van der Waals surface area (Å²) >= 11 is 0. The lowest BCUT2D eigenvalue weighted by Gasteiger charge is -2.23. The van der Waals surface area contributed by atoms with Gasteiger partial charge in [0.25, 0.3) is 5.91 Å². The summed E-state index contributed by atoms with van der Waals surface area (Å²) in [4.78, 5) is 22.6. The molecular weight excluding hydrogens is 396 g/mol. The molecule has 1 aromatic carbocycles. The standard InChI is InChI=1S/C21H25F2N3O4/c1-13-8-7-10-16(19(26-28-4)20(27)24-3)17(13)12-29-25-14(2)15-9-5-6-11-18(15)30-21(22)23/h5-9,11,16,21H,10,12H2,1-4H3,(H,24,27)/b25-14+,26-19+. The molecule has 9 heteroatoms. The number of benzene rings is 1. The molecular formula is C21H25F2N3O4. The smallest absolute Gasteiger partial charge is 0.387 e. The number of para-hydroxylation sites is 1. The Morgan fingerprint density at radius 3 is 2.70 bits per heavy atom. The number of allylic oxidation sites excluding steroid dienone is 3. The van der Waals surface area contributed by atoms with Gasteiger partial charge in [-0.15, -0.1) is 0 Å². The minimum absolute atomic E-state index is 0.0142. The minimum Gasteiger partial charge on any atom is -0.434 e. The highest BCUT2D eigenvalue weighted by atomic mass is 19.3. The Labute approximate surface area is 174 Å². The van der Waals surface area contributed by atoms with Crippen LogP contribution in [0.15, 0.2) is 57.9 Å². The molecule has 1 N–H and O–H groups in total. The van der Waals surface area contributed by atoms with Gasteiger partial charge in [0.15, 0.2) is 5.71 Å². The van der Waals surface area contributed by atoms with Crippen molar-refractivity contribution in [1.82, 2.24) is 5.32 Å². The molecule has 1 amide bonds. The fraction of sp³-hybridized carbons (Fsp3) is 0.381. The first-order valence-corrected chi connectivity index (χ1v) is 9.29. The Balaban J connectivity index is 2.21. The quantitative estimate of drug-likeness (QED) is 0.487. The van der Waals surface area contributed by atoms with Gasteiger partial charge in [-0.2, -0.15) is 8.78 Å². The number of ether oxygens (including phenoxy) is 1. The largest absolute Gasteiger partial charge is 0.434 e. The zero-order valence-electron chi connectivity index (χ0n) is 17.3. The van der Waals surface area contributed by atoms with Crippen LogP contribution in [0.2, 0.25) is 0 Å². The van der Waals surface area contributed by atoms with Crippen molar-refractivity contribution in [3.05, 3.63) is 53.1 Å². The van der Waals surface area contributed by atoms with Gasteiger partial charge in [-0.25, -0.2) is 0 Å². The maximum Gasteiger partial charge on any atom is 0.387 e. The highest BCUT2D eigenvalue weighted by Gasteiger charge is 2.29. The van der Waals surface area contributed by atoms with E-state index in [4.69, 9.17) is 9.68 Å². The van der Waals surface area contributed by atoms with Gasteiger partial charge in [-0.1, -0.05) is 34.6 Å². The summed E-state index contributed by atoms with van der Waals surface area (Å²) in [6, 6.07) is 6.34. The van der Waals surface area contributed by atoms with Gasteiger partial charge >= 0.3 is 6.61 Å². The number of amides is 1. The molecule has 0 heterocycles. The Bertz CT molecular complexity index is 879. The van der Waals surface area contributed by atoms with Gasteiger partial charge in [0.05, 0.1) is 5.71 Å². The number of halogens is 2. The molecule has 1 aliphatic rings. The van der Waals surface area contributed by atoms with E-state index >= 15 is 0 Å². The van der Waals surface area contributed by atoms with Gasteiger partial charge in [-0.3, -0.25) is 4.79 Å². The number of nitrogens with one attached hydrogen (secondary N) is 1. The molecule has 7 nitrogen and oxygen atoms in total. The van der Waals surface area contributed by atoms with Crippen LogP contribution < -0.4 is 10.1 Å². The number of oxime groups is 2. The zero-order chi connectivity index (χ0) is 22.1. The fourth-order valence-corrected chi connectivity index (χ4v) is 3.10. The molecule has 2 rings (SSSR count). The van der Waals surface area contributed by atoms with Crippen LogP contribution in [-0.4, -0.2) is 44.7 Å². The van der Waals surface area contributed by atoms with Gasteiger partial charge in [0, 0.05) is 18.5 Å². The first kappa shape index (κ1) is 23.1. The average molecular weight is 421 g/mol. The lowest BCUT2D eigenvalue weighted by Crippen LogP contribution is -2.35. The van der Waals surface area contributed by atoms with E-state index in [0.717, 1.165) is 11.1 Å². The highest BCUT2D eigenvalue weighted by Crippen LogP contribution is 2.28. The monoisotopic (exact) mass is 421 g/mol. The Morgan fingerprint density at radius 1 is 1.30 bits per heavy atom. The SMILES string of the molecule is CNC(=O)/C(=N/OC)C1CC=CC(C)=C1CO/N=C(\C)c1ccccc1OC(F)F. The maximum absolute atomic E-state index is 12.6. The van der Waals surface area contributed by atoms with Crippen LogP contribution in [0.1, 0.15) is 25.8 Å². The van der Waals surface area contributed by atoms with Crippen molar-refractivity contribution in [2.45, 2.75) is 26.9 Å². The molecule has 162 valence electrons. The van der Waals surface area contributed by atoms with Crippen molar-refractivity contribution in [2.75, 3.05) is 20.8 Å². The molecule has 0 radical (unpaired) electrons. The third-order valence-corrected chi connectivity index (χ3v) is 4.56. The second-order valence-corrected chi connectivity index (χ2v) is 6.46. The molecule has 1 aliphatic carbocycles. The molecule has 30 heavy (non-hydrogen) atoms. The summed E-state index contributed by atoms with van der Waals surface area (Å²) in [6.07, 6.45) is 4.44. The molecule has 1 atom stereocenters. The summed E-state index contributed by atoms with van der Waals surface area (Å²) in [5.74, 6) is -0.666. The molecule has 0 aliphatic heterocycles. The normalized spacial score (nSPS) is 17.2. The molecule has 0 saturated heterocycles. The summed E-state index contributed by atoms with van der Waals surface area (Å²) < 4.78 is 29.8. The van der Waals surface area contributed by atoms with Crippen LogP contribution in [-0.2, 0) is 14.5 Å². The van der Waals surface area contributed by atoms with Crippen LogP contribution in [0.3, 0.4) is 0 Å². The first-order chi connectivity index (χ1) is 14.4. The van der Waals surface area contributed by atoms with E-state index in [0.29, 0.717) is 17.7 Å². The van der Waals surface area contributed by atoms with Crippen molar-refractivity contribution < 1.29 is 28.0 Å². The van der Waals surface area contributed by atoms with Crippen molar-refractivity contribution in [3.8, 4) is 5.75 Å². The molecule has 1 aromatic rings. The molecule has 0 fully saturated rings. The second-order valence-electron chi connectivity index (χ2n) is 6.46. The molecule has 1 unspecified atom stereocenters. The minimum atomic E-state index is -2.94. The average Bonchev–Trinajstić information content (AvgIpc) is 2.72. The Hall–Kier alpha value is -3.23. The number of nitrogens with zero attached hydrogens (tertiary/aromatic N) is 2. The summed E-state index contributed by atoms with van der Waals surface area (Å²) in [6.45, 7) is 0.689. The van der Waals surface area contributed by atoms with Crippen LogP contribution in [0, 0.1) is 5.92 Å². The Morgan fingerprint density at radius 2 is 2.03 bits per heavy atom.